The molecule has 1 aliphatic rings. The van der Waals surface area contributed by atoms with Gasteiger partial charge < -0.3 is 20.7 Å². The van der Waals surface area contributed by atoms with Crippen LogP contribution in [0.25, 0.3) is 0 Å². The topological polar surface area (TPSA) is 96.1 Å². The maximum absolute atomic E-state index is 10.1. The van der Waals surface area contributed by atoms with Crippen molar-refractivity contribution in [1.29, 1.82) is 0 Å². The van der Waals surface area contributed by atoms with Crippen LogP contribution in [0.5, 0.6) is 0 Å². The number of aliphatic carboxylic acids is 1. The van der Waals surface area contributed by atoms with E-state index in [0.29, 0.717) is 5.75 Å². The minimum absolute atomic E-state index is 0.0382. The number of ether oxygens (including phenoxy) is 1. The number of carbonyl (C=O) groups is 1. The van der Waals surface area contributed by atoms with Crippen molar-refractivity contribution in [3.63, 3.8) is 0 Å². The number of carboxylic acids is 1. The molecule has 6 heteroatoms. The first-order chi connectivity index (χ1) is 5.61. The number of rotatable bonds is 5. The Morgan fingerprint density at radius 1 is 1.75 bits per heavy atom. The highest BCUT2D eigenvalue weighted by molar-refractivity contribution is 7.99. The molecular weight excluding hydrogens is 182 g/mol. The first kappa shape index (κ1) is 9.79. The van der Waals surface area contributed by atoms with Gasteiger partial charge in [0, 0.05) is 11.8 Å². The van der Waals surface area contributed by atoms with E-state index in [4.69, 9.17) is 20.7 Å². The van der Waals surface area contributed by atoms with Gasteiger partial charge in [-0.15, -0.1) is 11.8 Å². The van der Waals surface area contributed by atoms with E-state index in [2.05, 4.69) is 0 Å². The molecule has 3 atom stereocenters. The third-order valence-electron chi connectivity index (χ3n) is 1.46. The first-order valence-corrected chi connectivity index (χ1v) is 4.65. The Morgan fingerprint density at radius 3 is 2.75 bits per heavy atom. The van der Waals surface area contributed by atoms with Crippen LogP contribution < -0.4 is 5.73 Å². The van der Waals surface area contributed by atoms with Gasteiger partial charge in [0.1, 0.15) is 6.10 Å². The summed E-state index contributed by atoms with van der Waals surface area (Å²) in [5.74, 6) is -0.325. The Kier molecular flexibility index (Phi) is 3.33. The normalized spacial score (nSPS) is 29.8. The second-order valence-electron chi connectivity index (χ2n) is 2.56. The van der Waals surface area contributed by atoms with Crippen molar-refractivity contribution in [2.24, 2.45) is 5.73 Å². The molecule has 2 unspecified atom stereocenters. The van der Waals surface area contributed by atoms with Crippen LogP contribution in [-0.2, 0) is 9.53 Å². The van der Waals surface area contributed by atoms with Gasteiger partial charge in [0.05, 0.1) is 5.75 Å². The summed E-state index contributed by atoms with van der Waals surface area (Å²) in [6, 6.07) is -0.274. The van der Waals surface area contributed by atoms with Crippen LogP contribution in [0.2, 0.25) is 0 Å². The van der Waals surface area contributed by atoms with Crippen molar-refractivity contribution in [2.45, 2.75) is 18.4 Å². The summed E-state index contributed by atoms with van der Waals surface area (Å²) in [6.07, 6.45) is -1.04. The quantitative estimate of drug-likeness (QED) is 0.477. The highest BCUT2D eigenvalue weighted by Crippen LogP contribution is 2.23. The van der Waals surface area contributed by atoms with Crippen LogP contribution in [0.1, 0.15) is 0 Å². The van der Waals surface area contributed by atoms with Gasteiger partial charge in [-0.3, -0.25) is 4.79 Å². The average Bonchev–Trinajstić information content (AvgIpc) is 2.66. The lowest BCUT2D eigenvalue weighted by Crippen LogP contribution is -2.31. The molecule has 0 bridgehead atoms. The molecule has 1 saturated heterocycles. The number of nitrogens with two attached hydrogens (primary N) is 1. The molecule has 1 fully saturated rings. The largest absolute Gasteiger partial charge is 0.481 e. The summed E-state index contributed by atoms with van der Waals surface area (Å²) in [7, 11) is 0. The van der Waals surface area contributed by atoms with E-state index in [1.165, 1.54) is 11.8 Å². The number of thioether (sulfide) groups is 1. The van der Waals surface area contributed by atoms with E-state index in [-0.39, 0.29) is 17.9 Å². The molecule has 0 aliphatic carbocycles. The zero-order valence-corrected chi connectivity index (χ0v) is 7.16. The minimum atomic E-state index is -0.857. The van der Waals surface area contributed by atoms with Crippen LogP contribution in [0.15, 0.2) is 0 Å². The fourth-order valence-electron chi connectivity index (χ4n) is 0.805. The lowest BCUT2D eigenvalue weighted by atomic mass is 10.3. The van der Waals surface area contributed by atoms with Gasteiger partial charge in [-0.05, 0) is 0 Å². The molecule has 0 radical (unpaired) electrons. The molecule has 1 heterocycles. The highest BCUT2D eigenvalue weighted by Gasteiger charge is 2.41. The van der Waals surface area contributed by atoms with Gasteiger partial charge in [0.25, 0.3) is 0 Å². The summed E-state index contributed by atoms with van der Waals surface area (Å²) < 4.78 is 4.71. The lowest BCUT2D eigenvalue weighted by Gasteiger charge is -2.05. The molecule has 70 valence electrons. The smallest absolute Gasteiger partial charge is 0.313 e. The fourth-order valence-corrected chi connectivity index (χ4v) is 1.56. The molecule has 0 aromatic rings. The maximum atomic E-state index is 10.1. The molecule has 1 aliphatic heterocycles. The molecule has 12 heavy (non-hydrogen) atoms. The van der Waals surface area contributed by atoms with Crippen LogP contribution in [-0.4, -0.2) is 46.1 Å². The van der Waals surface area contributed by atoms with E-state index >= 15 is 0 Å². The van der Waals surface area contributed by atoms with E-state index in [9.17, 15) is 4.79 Å². The van der Waals surface area contributed by atoms with Gasteiger partial charge in [-0.2, -0.15) is 0 Å². The molecule has 0 saturated carbocycles. The molecule has 0 spiro atoms. The minimum Gasteiger partial charge on any atom is -0.481 e. The van der Waals surface area contributed by atoms with Crippen LogP contribution >= 0.6 is 11.8 Å². The predicted molar refractivity (Wildman–Crippen MR) is 43.8 cm³/mol. The van der Waals surface area contributed by atoms with Crippen LogP contribution in [0.4, 0.5) is 0 Å². The second-order valence-corrected chi connectivity index (χ2v) is 3.59. The van der Waals surface area contributed by atoms with Crippen molar-refractivity contribution in [1.82, 2.24) is 0 Å². The molecule has 0 aromatic carbocycles. The monoisotopic (exact) mass is 193 g/mol. The predicted octanol–water partition coefficient (Wildman–Crippen LogP) is -1.15. The summed E-state index contributed by atoms with van der Waals surface area (Å²) in [6.45, 7) is 0. The molecule has 0 amide bonds. The van der Waals surface area contributed by atoms with Gasteiger partial charge in [-0.25, -0.2) is 0 Å². The van der Waals surface area contributed by atoms with Crippen molar-refractivity contribution in [3.8, 4) is 0 Å². The molecule has 5 nitrogen and oxygen atoms in total. The molecule has 1 rings (SSSR count). The number of epoxide rings is 1. The fraction of sp³-hybridized carbons (Fsp3) is 0.833. The zero-order chi connectivity index (χ0) is 9.14. The SMILES string of the molecule is N[C@@H](CSCC(=O)O)C1OC1O. The summed E-state index contributed by atoms with van der Waals surface area (Å²) in [5.41, 5.74) is 5.56. The summed E-state index contributed by atoms with van der Waals surface area (Å²) in [4.78, 5) is 10.1. The average molecular weight is 193 g/mol. The van der Waals surface area contributed by atoms with Crippen molar-refractivity contribution >= 4 is 17.7 Å². The Morgan fingerprint density at radius 2 is 2.33 bits per heavy atom. The van der Waals surface area contributed by atoms with E-state index in [1.807, 2.05) is 0 Å². The van der Waals surface area contributed by atoms with Crippen molar-refractivity contribution in [3.05, 3.63) is 0 Å². The zero-order valence-electron chi connectivity index (χ0n) is 6.34. The Balaban J connectivity index is 2.03. The number of aliphatic hydroxyl groups is 1. The van der Waals surface area contributed by atoms with Crippen molar-refractivity contribution < 1.29 is 19.7 Å². The van der Waals surface area contributed by atoms with Crippen LogP contribution in [0.3, 0.4) is 0 Å². The second kappa shape index (κ2) is 4.08. The first-order valence-electron chi connectivity index (χ1n) is 3.50. The van der Waals surface area contributed by atoms with Gasteiger partial charge in [0.15, 0.2) is 6.29 Å². The van der Waals surface area contributed by atoms with E-state index in [1.54, 1.807) is 0 Å². The summed E-state index contributed by atoms with van der Waals surface area (Å²) >= 11 is 1.22. The number of aliphatic hydroxyl groups excluding tert-OH is 1. The Bertz CT molecular complexity index is 177. The van der Waals surface area contributed by atoms with E-state index < -0.39 is 12.3 Å². The number of hydrogen-bond donors (Lipinski definition) is 3. The molecule has 4 N–H and O–H groups in total. The van der Waals surface area contributed by atoms with Gasteiger partial charge >= 0.3 is 5.97 Å². The Hall–Kier alpha value is -0.300. The third-order valence-corrected chi connectivity index (χ3v) is 2.53. The van der Waals surface area contributed by atoms with Crippen molar-refractivity contribution in [2.75, 3.05) is 11.5 Å². The van der Waals surface area contributed by atoms with Gasteiger partial charge in [0.2, 0.25) is 0 Å². The Labute approximate surface area is 73.9 Å². The standard InChI is InChI=1S/C6H11NO4S/c7-3(5-6(10)11-5)1-12-2-4(8)9/h3,5-6,10H,1-2,7H2,(H,8,9)/t3-,5?,6?/m0/s1. The number of hydrogen-bond acceptors (Lipinski definition) is 5. The summed E-state index contributed by atoms with van der Waals surface area (Å²) in [5, 5.41) is 17.1. The highest BCUT2D eigenvalue weighted by atomic mass is 32.2. The number of carboxylic acid groups (broad SMARTS) is 1. The lowest BCUT2D eigenvalue weighted by molar-refractivity contribution is -0.133. The molecule has 0 aromatic heterocycles. The van der Waals surface area contributed by atoms with Crippen LogP contribution in [0, 0.1) is 0 Å². The maximum Gasteiger partial charge on any atom is 0.313 e. The molecular formula is C6H11NO4S. The van der Waals surface area contributed by atoms with E-state index in [0.717, 1.165) is 0 Å². The third kappa shape index (κ3) is 2.98. The van der Waals surface area contributed by atoms with Gasteiger partial charge in [-0.1, -0.05) is 0 Å².